The Kier molecular flexibility index (Phi) is 23.9. The van der Waals surface area contributed by atoms with Gasteiger partial charge in [0.25, 0.3) is 0 Å². The van der Waals surface area contributed by atoms with Crippen LogP contribution < -0.4 is 0 Å². The second-order valence-electron chi connectivity index (χ2n) is 15.5. The zero-order valence-electron chi connectivity index (χ0n) is 37.1. The molecular formula is C50H62Ir2N4O4-2. The summed E-state index contributed by atoms with van der Waals surface area (Å²) in [4.78, 5) is 18.0. The van der Waals surface area contributed by atoms with Crippen molar-refractivity contribution in [1.82, 2.24) is 19.9 Å². The molecule has 2 heterocycles. The molecule has 0 saturated heterocycles. The van der Waals surface area contributed by atoms with Gasteiger partial charge in [-0.1, -0.05) is 70.2 Å². The molecule has 4 atom stereocenters. The van der Waals surface area contributed by atoms with Crippen molar-refractivity contribution >= 4 is 0 Å². The first kappa shape index (κ1) is 54.2. The fourth-order valence-corrected chi connectivity index (χ4v) is 6.76. The van der Waals surface area contributed by atoms with Crippen LogP contribution in [-0.2, 0) is 40.2 Å². The summed E-state index contributed by atoms with van der Waals surface area (Å²) in [5, 5.41) is 34.3. The minimum Gasteiger partial charge on any atom is -0.393 e. The van der Waals surface area contributed by atoms with E-state index in [4.69, 9.17) is 20.4 Å². The summed E-state index contributed by atoms with van der Waals surface area (Å²) in [6, 6.07) is 29.8. The molecule has 2 aromatic heterocycles. The number of nitrogens with zero attached hydrogens (tertiary/aromatic N) is 4. The number of hydrogen-bond donors (Lipinski definition) is 4. The van der Waals surface area contributed by atoms with E-state index in [-0.39, 0.29) is 64.6 Å². The molecule has 4 N–H and O–H groups in total. The first-order valence-corrected chi connectivity index (χ1v) is 19.9. The van der Waals surface area contributed by atoms with Crippen molar-refractivity contribution in [2.24, 2.45) is 0 Å². The molecule has 4 unspecified atom stereocenters. The molecule has 2 radical (unpaired) electrons. The number of rotatable bonds is 8. The summed E-state index contributed by atoms with van der Waals surface area (Å²) in [7, 11) is 0. The molecule has 10 heteroatoms. The maximum Gasteiger partial charge on any atom is 0.106 e. The molecule has 0 fully saturated rings. The first-order chi connectivity index (χ1) is 27.3. The van der Waals surface area contributed by atoms with Crippen LogP contribution in [0, 0.1) is 67.5 Å². The standard InChI is InChI=1S/2C20H19N2.2C5H12O2.2Ir/c1-13-8-14(2)10-17(9-13)18-11-19(22-12-21-18)20-15(3)6-5-7-16(20)4;1-13-8-14(2)10-17(9-13)20-21-11-18(12-22-20)19-15(3)6-5-7-16(19)4;2*1-4(6)3-5(2)7;;/h2*5-9,11-12H,1-4H3;2*4-7H,3H2,1-2H3;;/q2*-1;;;;. The van der Waals surface area contributed by atoms with E-state index in [1.165, 1.54) is 44.5 Å². The van der Waals surface area contributed by atoms with Crippen molar-refractivity contribution in [3.05, 3.63) is 142 Å². The summed E-state index contributed by atoms with van der Waals surface area (Å²) < 4.78 is 0. The van der Waals surface area contributed by atoms with Gasteiger partial charge in [-0.15, -0.1) is 69.8 Å². The Morgan fingerprint density at radius 2 is 0.867 bits per heavy atom. The molecule has 0 bridgehead atoms. The Balaban J connectivity index is 0.000000447. The van der Waals surface area contributed by atoms with Gasteiger partial charge in [-0.2, -0.15) is 0 Å². The number of hydrogen-bond acceptors (Lipinski definition) is 8. The van der Waals surface area contributed by atoms with Crippen LogP contribution in [0.2, 0.25) is 0 Å². The first-order valence-electron chi connectivity index (χ1n) is 19.9. The topological polar surface area (TPSA) is 132 Å². The van der Waals surface area contributed by atoms with Crippen molar-refractivity contribution in [1.29, 1.82) is 0 Å². The van der Waals surface area contributed by atoms with Gasteiger partial charge in [-0.05, 0) is 102 Å². The largest absolute Gasteiger partial charge is 0.393 e. The van der Waals surface area contributed by atoms with Crippen LogP contribution in [0.3, 0.4) is 0 Å². The molecule has 6 aromatic rings. The maximum atomic E-state index is 8.56. The molecule has 6 rings (SSSR count). The van der Waals surface area contributed by atoms with Crippen molar-refractivity contribution < 1.29 is 60.6 Å². The molecule has 60 heavy (non-hydrogen) atoms. The van der Waals surface area contributed by atoms with E-state index >= 15 is 0 Å². The second kappa shape index (κ2) is 26.5. The molecule has 0 spiro atoms. The molecule has 0 aliphatic rings. The van der Waals surface area contributed by atoms with Crippen molar-refractivity contribution in [2.45, 2.75) is 120 Å². The normalized spacial score (nSPS) is 12.3. The van der Waals surface area contributed by atoms with Crippen LogP contribution in [0.15, 0.2) is 85.5 Å². The van der Waals surface area contributed by atoms with E-state index in [2.05, 4.69) is 147 Å². The Hall–Kier alpha value is -3.82. The van der Waals surface area contributed by atoms with E-state index in [1.54, 1.807) is 34.0 Å². The summed E-state index contributed by atoms with van der Waals surface area (Å²) in [5.74, 6) is 0.724. The number of aromatic nitrogens is 4. The van der Waals surface area contributed by atoms with Gasteiger partial charge < -0.3 is 20.4 Å². The Bertz CT molecular complexity index is 2100. The van der Waals surface area contributed by atoms with Gasteiger partial charge in [0, 0.05) is 63.7 Å². The van der Waals surface area contributed by atoms with Gasteiger partial charge in [0.2, 0.25) is 0 Å². The maximum absolute atomic E-state index is 8.56. The van der Waals surface area contributed by atoms with Gasteiger partial charge in [-0.3, -0.25) is 15.0 Å². The quantitative estimate of drug-likeness (QED) is 0.111. The zero-order valence-corrected chi connectivity index (χ0v) is 41.8. The molecule has 0 aliphatic carbocycles. The molecule has 8 nitrogen and oxygen atoms in total. The summed E-state index contributed by atoms with van der Waals surface area (Å²) >= 11 is 0. The van der Waals surface area contributed by atoms with Crippen LogP contribution in [0.5, 0.6) is 0 Å². The van der Waals surface area contributed by atoms with Crippen LogP contribution in [0.4, 0.5) is 0 Å². The van der Waals surface area contributed by atoms with Gasteiger partial charge in [0.15, 0.2) is 0 Å². The number of aliphatic hydroxyl groups excluding tert-OH is 4. The Morgan fingerprint density at radius 3 is 1.27 bits per heavy atom. The smallest absolute Gasteiger partial charge is 0.106 e. The Morgan fingerprint density at radius 1 is 0.483 bits per heavy atom. The molecule has 0 aliphatic heterocycles. The third-order valence-corrected chi connectivity index (χ3v) is 9.00. The SMILES string of the molecule is CC(O)CC(C)O.CC(O)CC(C)O.Cc1[c-]c(-c2cc(-c3c(C)cccc3C)ncn2)cc(C)c1.Cc1[c-]c(-c2ncc(-c3c(C)cccc3C)cn2)cc(C)c1.[Ir].[Ir]. The third-order valence-electron chi connectivity index (χ3n) is 9.00. The van der Waals surface area contributed by atoms with Gasteiger partial charge in [0.05, 0.1) is 35.9 Å². The molecule has 0 amide bonds. The van der Waals surface area contributed by atoms with Gasteiger partial charge in [-0.25, -0.2) is 4.98 Å². The van der Waals surface area contributed by atoms with E-state index in [0.717, 1.165) is 45.0 Å². The predicted molar refractivity (Wildman–Crippen MR) is 237 cm³/mol. The van der Waals surface area contributed by atoms with Crippen LogP contribution in [0.1, 0.15) is 85.0 Å². The average molecular weight is 1170 g/mol. The van der Waals surface area contributed by atoms with Crippen LogP contribution in [-0.4, -0.2) is 64.8 Å². The zero-order chi connectivity index (χ0) is 43.1. The minimum atomic E-state index is -0.375. The van der Waals surface area contributed by atoms with E-state index < -0.39 is 0 Å². The molecule has 4 aromatic carbocycles. The second-order valence-corrected chi connectivity index (χ2v) is 15.5. The van der Waals surface area contributed by atoms with Gasteiger partial charge >= 0.3 is 0 Å². The number of benzene rings is 4. The van der Waals surface area contributed by atoms with Crippen LogP contribution in [0.25, 0.3) is 45.0 Å². The Labute approximate surface area is 385 Å². The van der Waals surface area contributed by atoms with Gasteiger partial charge in [0.1, 0.15) is 6.33 Å². The molecule has 0 saturated carbocycles. The monoisotopic (exact) mass is 1170 g/mol. The number of aliphatic hydroxyl groups is 4. The van der Waals surface area contributed by atoms with E-state index in [0.29, 0.717) is 12.8 Å². The van der Waals surface area contributed by atoms with Crippen molar-refractivity contribution in [3.63, 3.8) is 0 Å². The molecule has 326 valence electrons. The average Bonchev–Trinajstić information content (AvgIpc) is 3.11. The minimum absolute atomic E-state index is 0. The van der Waals surface area contributed by atoms with E-state index in [9.17, 15) is 0 Å². The predicted octanol–water partition coefficient (Wildman–Crippen LogP) is 9.96. The van der Waals surface area contributed by atoms with Crippen LogP contribution >= 0.6 is 0 Å². The number of aryl methyl sites for hydroxylation is 8. The van der Waals surface area contributed by atoms with E-state index in [1.807, 2.05) is 19.3 Å². The summed E-state index contributed by atoms with van der Waals surface area (Å²) in [6.45, 7) is 23.4. The molecular weight excluding hydrogens is 1110 g/mol. The fourth-order valence-electron chi connectivity index (χ4n) is 6.76. The fraction of sp³-hybridized carbons (Fsp3) is 0.360. The van der Waals surface area contributed by atoms with Crippen molar-refractivity contribution in [3.8, 4) is 45.0 Å². The van der Waals surface area contributed by atoms with Crippen molar-refractivity contribution in [2.75, 3.05) is 0 Å². The summed E-state index contributed by atoms with van der Waals surface area (Å²) in [6.07, 6.45) is 4.90. The summed E-state index contributed by atoms with van der Waals surface area (Å²) in [5.41, 5.74) is 16.9. The third kappa shape index (κ3) is 18.0.